The highest BCUT2D eigenvalue weighted by Crippen LogP contribution is 2.18. The molecule has 0 saturated heterocycles. The quantitative estimate of drug-likeness (QED) is 0.791. The number of anilines is 1. The molecule has 0 aliphatic carbocycles. The molecule has 1 aromatic carbocycles. The Labute approximate surface area is 140 Å². The molecule has 1 amide bonds. The van der Waals surface area contributed by atoms with Gasteiger partial charge in [0.25, 0.3) is 5.91 Å². The summed E-state index contributed by atoms with van der Waals surface area (Å²) in [6, 6.07) is 10.4. The van der Waals surface area contributed by atoms with Gasteiger partial charge in [0.15, 0.2) is 0 Å². The van der Waals surface area contributed by atoms with Crippen molar-refractivity contribution in [3.63, 3.8) is 0 Å². The molecule has 0 unspecified atom stereocenters. The molecule has 1 aromatic heterocycles. The number of carbonyl (C=O) groups excluding carboxylic acids is 1. The molecule has 0 atom stereocenters. The summed E-state index contributed by atoms with van der Waals surface area (Å²) in [7, 11) is 1.58. The minimum absolute atomic E-state index is 0.150. The number of benzene rings is 1. The summed E-state index contributed by atoms with van der Waals surface area (Å²) in [5.74, 6) is -1.16. The second-order valence-electron chi connectivity index (χ2n) is 4.95. The van der Waals surface area contributed by atoms with Crippen molar-refractivity contribution in [2.45, 2.75) is 0 Å². The van der Waals surface area contributed by atoms with Gasteiger partial charge in [0.1, 0.15) is 0 Å². The zero-order valence-corrected chi connectivity index (χ0v) is 13.3. The number of nitrogens with zero attached hydrogens (tertiary/aromatic N) is 2. The minimum atomic E-state index is -1.01. The number of ether oxygens (including phenoxy) is 1. The van der Waals surface area contributed by atoms with E-state index >= 15 is 0 Å². The molecule has 124 valence electrons. The number of aromatic nitrogens is 1. The molecular formula is C18H18N2O4. The fourth-order valence-electron chi connectivity index (χ4n) is 2.11. The van der Waals surface area contributed by atoms with Gasteiger partial charge in [-0.3, -0.25) is 9.78 Å². The molecule has 6 heteroatoms. The van der Waals surface area contributed by atoms with E-state index in [1.54, 1.807) is 60.8 Å². The van der Waals surface area contributed by atoms with Gasteiger partial charge in [-0.1, -0.05) is 12.1 Å². The van der Waals surface area contributed by atoms with Crippen molar-refractivity contribution in [2.75, 3.05) is 25.2 Å². The minimum Gasteiger partial charge on any atom is -0.478 e. The monoisotopic (exact) mass is 326 g/mol. The molecule has 0 fully saturated rings. The average Bonchev–Trinajstić information content (AvgIpc) is 2.61. The van der Waals surface area contributed by atoms with Crippen LogP contribution in [0.5, 0.6) is 0 Å². The number of carboxylic acids is 1. The maximum atomic E-state index is 12.7. The van der Waals surface area contributed by atoms with Crippen LogP contribution in [0.2, 0.25) is 0 Å². The Hall–Kier alpha value is -2.99. The van der Waals surface area contributed by atoms with Crippen molar-refractivity contribution in [2.24, 2.45) is 0 Å². The molecule has 1 heterocycles. The Bertz CT molecular complexity index is 712. The molecule has 2 aromatic rings. The molecule has 0 saturated carbocycles. The molecule has 0 aliphatic heterocycles. The average molecular weight is 326 g/mol. The highest BCUT2D eigenvalue weighted by atomic mass is 16.5. The number of methoxy groups -OCH3 is 1. The highest BCUT2D eigenvalue weighted by Gasteiger charge is 2.17. The highest BCUT2D eigenvalue weighted by molar-refractivity contribution is 6.06. The Kier molecular flexibility index (Phi) is 6.22. The third kappa shape index (κ3) is 4.76. The first-order valence-corrected chi connectivity index (χ1v) is 7.33. The van der Waals surface area contributed by atoms with E-state index < -0.39 is 5.97 Å². The largest absolute Gasteiger partial charge is 0.478 e. The summed E-state index contributed by atoms with van der Waals surface area (Å²) in [4.78, 5) is 28.8. The molecule has 2 rings (SSSR count). The van der Waals surface area contributed by atoms with Crippen LogP contribution in [0.15, 0.2) is 54.9 Å². The van der Waals surface area contributed by atoms with Crippen molar-refractivity contribution in [1.29, 1.82) is 0 Å². The van der Waals surface area contributed by atoms with Crippen LogP contribution in [0.1, 0.15) is 15.9 Å². The van der Waals surface area contributed by atoms with Crippen LogP contribution in [0.4, 0.5) is 5.69 Å². The zero-order valence-electron chi connectivity index (χ0n) is 13.3. The SMILES string of the molecule is COCCN(C(=O)c1ccncc1)c1ccc(/C=C/C(=O)O)cc1. The van der Waals surface area contributed by atoms with Gasteiger partial charge in [0.2, 0.25) is 0 Å². The Morgan fingerprint density at radius 3 is 2.42 bits per heavy atom. The molecule has 0 spiro atoms. The number of carbonyl (C=O) groups is 2. The summed E-state index contributed by atoms with van der Waals surface area (Å²) >= 11 is 0. The van der Waals surface area contributed by atoms with Crippen molar-refractivity contribution < 1.29 is 19.4 Å². The zero-order chi connectivity index (χ0) is 17.4. The van der Waals surface area contributed by atoms with Crippen LogP contribution >= 0.6 is 0 Å². The van der Waals surface area contributed by atoms with Gasteiger partial charge in [-0.2, -0.15) is 0 Å². The number of pyridine rings is 1. The number of amides is 1. The Morgan fingerprint density at radius 2 is 1.83 bits per heavy atom. The van der Waals surface area contributed by atoms with Crippen LogP contribution in [-0.2, 0) is 9.53 Å². The van der Waals surface area contributed by atoms with Gasteiger partial charge in [-0.15, -0.1) is 0 Å². The normalized spacial score (nSPS) is 10.7. The number of hydrogen-bond donors (Lipinski definition) is 1. The Balaban J connectivity index is 2.24. The van der Waals surface area contributed by atoms with E-state index in [0.717, 1.165) is 11.6 Å². The molecule has 0 aliphatic rings. The van der Waals surface area contributed by atoms with E-state index in [1.165, 1.54) is 6.08 Å². The molecule has 0 bridgehead atoms. The topological polar surface area (TPSA) is 79.7 Å². The van der Waals surface area contributed by atoms with Gasteiger partial charge < -0.3 is 14.7 Å². The van der Waals surface area contributed by atoms with Crippen molar-refractivity contribution in [3.05, 3.63) is 66.0 Å². The third-order valence-electron chi connectivity index (χ3n) is 3.31. The first kappa shape index (κ1) is 17.4. The predicted octanol–water partition coefficient (Wildman–Crippen LogP) is 2.47. The van der Waals surface area contributed by atoms with Crippen molar-refractivity contribution >= 4 is 23.6 Å². The smallest absolute Gasteiger partial charge is 0.328 e. The molecule has 0 radical (unpaired) electrons. The van der Waals surface area contributed by atoms with Gasteiger partial charge in [-0.25, -0.2) is 4.79 Å². The third-order valence-corrected chi connectivity index (χ3v) is 3.31. The second-order valence-corrected chi connectivity index (χ2v) is 4.95. The number of hydrogen-bond acceptors (Lipinski definition) is 4. The second kappa shape index (κ2) is 8.59. The summed E-state index contributed by atoms with van der Waals surface area (Å²) in [6.07, 6.45) is 5.71. The van der Waals surface area contributed by atoms with E-state index in [-0.39, 0.29) is 5.91 Å². The van der Waals surface area contributed by atoms with Gasteiger partial charge in [-0.05, 0) is 35.9 Å². The number of rotatable bonds is 7. The van der Waals surface area contributed by atoms with Gasteiger partial charge in [0, 0.05) is 43.4 Å². The summed E-state index contributed by atoms with van der Waals surface area (Å²) in [5.41, 5.74) is 1.99. The van der Waals surface area contributed by atoms with E-state index in [9.17, 15) is 9.59 Å². The lowest BCUT2D eigenvalue weighted by molar-refractivity contribution is -0.131. The maximum Gasteiger partial charge on any atom is 0.328 e. The van der Waals surface area contributed by atoms with E-state index in [1.807, 2.05) is 0 Å². The molecular weight excluding hydrogens is 308 g/mol. The van der Waals surface area contributed by atoms with E-state index in [2.05, 4.69) is 4.98 Å². The molecule has 24 heavy (non-hydrogen) atoms. The fraction of sp³-hybridized carbons (Fsp3) is 0.167. The summed E-state index contributed by atoms with van der Waals surface area (Å²) < 4.78 is 5.09. The first-order valence-electron chi connectivity index (χ1n) is 7.33. The lowest BCUT2D eigenvalue weighted by Gasteiger charge is -2.22. The van der Waals surface area contributed by atoms with Gasteiger partial charge >= 0.3 is 5.97 Å². The van der Waals surface area contributed by atoms with Crippen molar-refractivity contribution in [3.8, 4) is 0 Å². The lowest BCUT2D eigenvalue weighted by atomic mass is 10.1. The number of carboxylic acid groups (broad SMARTS) is 1. The van der Waals surface area contributed by atoms with E-state index in [0.29, 0.717) is 24.4 Å². The van der Waals surface area contributed by atoms with E-state index in [4.69, 9.17) is 9.84 Å². The van der Waals surface area contributed by atoms with Crippen LogP contribution in [0, 0.1) is 0 Å². The van der Waals surface area contributed by atoms with Crippen molar-refractivity contribution in [1.82, 2.24) is 4.98 Å². The van der Waals surface area contributed by atoms with Gasteiger partial charge in [0.05, 0.1) is 6.61 Å². The first-order chi connectivity index (χ1) is 11.6. The molecule has 1 N–H and O–H groups in total. The van der Waals surface area contributed by atoms with Crippen LogP contribution in [-0.4, -0.2) is 42.2 Å². The summed E-state index contributed by atoms with van der Waals surface area (Å²) in [5, 5.41) is 8.65. The predicted molar refractivity (Wildman–Crippen MR) is 90.9 cm³/mol. The standard InChI is InChI=1S/C18H18N2O4/c1-24-13-12-20(18(23)15-8-10-19-11-9-15)16-5-2-14(3-6-16)4-7-17(21)22/h2-11H,12-13H2,1H3,(H,21,22)/b7-4+. The van der Waals surface area contributed by atoms with Crippen LogP contribution in [0.3, 0.4) is 0 Å². The Morgan fingerprint density at radius 1 is 1.17 bits per heavy atom. The fourth-order valence-corrected chi connectivity index (χ4v) is 2.11. The van der Waals surface area contributed by atoms with Crippen LogP contribution in [0.25, 0.3) is 6.08 Å². The maximum absolute atomic E-state index is 12.7. The summed E-state index contributed by atoms with van der Waals surface area (Å²) in [6.45, 7) is 0.805. The number of aliphatic carboxylic acids is 1. The van der Waals surface area contributed by atoms with Crippen LogP contribution < -0.4 is 4.90 Å². The molecule has 6 nitrogen and oxygen atoms in total. The lowest BCUT2D eigenvalue weighted by Crippen LogP contribution is -2.33.